The average Bonchev–Trinajstić information content (AvgIpc) is 2.69. The molecule has 0 aromatic heterocycles. The predicted octanol–water partition coefficient (Wildman–Crippen LogP) is 3.07. The lowest BCUT2D eigenvalue weighted by Gasteiger charge is -2.20. The van der Waals surface area contributed by atoms with E-state index in [-0.39, 0.29) is 0 Å². The van der Waals surface area contributed by atoms with Crippen LogP contribution in [-0.2, 0) is 9.53 Å². The Balaban J connectivity index is 1.68. The quantitative estimate of drug-likeness (QED) is 0.558. The zero-order valence-corrected chi connectivity index (χ0v) is 16.5. The van der Waals surface area contributed by atoms with Crippen molar-refractivity contribution in [3.63, 3.8) is 0 Å². The Hall–Kier alpha value is -2.58. The van der Waals surface area contributed by atoms with Crippen LogP contribution in [-0.4, -0.2) is 39.6 Å². The summed E-state index contributed by atoms with van der Waals surface area (Å²) in [5.41, 5.74) is 3.93. The van der Waals surface area contributed by atoms with Gasteiger partial charge in [0.15, 0.2) is 17.6 Å². The molecule has 2 aromatic carbocycles. The summed E-state index contributed by atoms with van der Waals surface area (Å²) in [7, 11) is 3.05. The first-order chi connectivity index (χ1) is 13.1. The smallest absolute Gasteiger partial charge is 0.273 e. The zero-order chi connectivity index (χ0) is 19.2. The van der Waals surface area contributed by atoms with Gasteiger partial charge in [0.05, 0.1) is 17.8 Å². The highest BCUT2D eigenvalue weighted by Gasteiger charge is 2.22. The largest absolute Gasteiger partial charge is 0.496 e. The highest BCUT2D eigenvalue weighted by atomic mass is 79.9. The monoisotopic (exact) mass is 434 g/mol. The van der Waals surface area contributed by atoms with Crippen molar-refractivity contribution in [1.29, 1.82) is 0 Å². The SMILES string of the molecule is COc1cc(/C=N/NC(=O)C(OC)c2ccc3c(c2)OCCO3)ccc1Br. The number of ether oxygens (including phenoxy) is 4. The van der Waals surface area contributed by atoms with Gasteiger partial charge in [0, 0.05) is 7.11 Å². The second kappa shape index (κ2) is 8.88. The Bertz CT molecular complexity index is 856. The van der Waals surface area contributed by atoms with Crippen LogP contribution in [0.5, 0.6) is 17.2 Å². The number of carbonyl (C=O) groups excluding carboxylic acids is 1. The van der Waals surface area contributed by atoms with Crippen LogP contribution >= 0.6 is 15.9 Å². The van der Waals surface area contributed by atoms with Gasteiger partial charge in [-0.1, -0.05) is 12.1 Å². The molecule has 0 bridgehead atoms. The molecule has 27 heavy (non-hydrogen) atoms. The van der Waals surface area contributed by atoms with Crippen molar-refractivity contribution in [3.8, 4) is 17.2 Å². The minimum atomic E-state index is -0.822. The summed E-state index contributed by atoms with van der Waals surface area (Å²) in [5.74, 6) is 1.53. The van der Waals surface area contributed by atoms with Crippen LogP contribution in [0.4, 0.5) is 0 Å². The molecule has 1 heterocycles. The molecule has 0 saturated heterocycles. The number of rotatable bonds is 6. The summed E-state index contributed by atoms with van der Waals surface area (Å²) in [4.78, 5) is 12.5. The molecule has 2 aromatic rings. The number of benzene rings is 2. The van der Waals surface area contributed by atoms with Gasteiger partial charge in [0.25, 0.3) is 5.91 Å². The maximum absolute atomic E-state index is 12.5. The van der Waals surface area contributed by atoms with E-state index >= 15 is 0 Å². The van der Waals surface area contributed by atoms with Crippen molar-refractivity contribution in [2.45, 2.75) is 6.10 Å². The Morgan fingerprint density at radius 1 is 1.19 bits per heavy atom. The number of hydrazone groups is 1. The molecule has 0 fully saturated rings. The molecule has 1 amide bonds. The van der Waals surface area contributed by atoms with E-state index in [9.17, 15) is 4.79 Å². The third-order valence-corrected chi connectivity index (χ3v) is 4.56. The first kappa shape index (κ1) is 19.2. The molecule has 1 aliphatic rings. The van der Waals surface area contributed by atoms with Crippen molar-refractivity contribution in [3.05, 3.63) is 52.0 Å². The van der Waals surface area contributed by atoms with E-state index in [4.69, 9.17) is 18.9 Å². The molecular formula is C19H19BrN2O5. The van der Waals surface area contributed by atoms with Crippen molar-refractivity contribution in [2.24, 2.45) is 5.10 Å². The molecule has 0 aliphatic carbocycles. The molecule has 142 valence electrons. The molecule has 0 saturated carbocycles. The number of amides is 1. The summed E-state index contributed by atoms with van der Waals surface area (Å²) in [6.45, 7) is 0.983. The van der Waals surface area contributed by atoms with Crippen molar-refractivity contribution >= 4 is 28.1 Å². The van der Waals surface area contributed by atoms with E-state index in [0.717, 1.165) is 10.0 Å². The average molecular weight is 435 g/mol. The van der Waals surface area contributed by atoms with Crippen LogP contribution in [0.2, 0.25) is 0 Å². The molecule has 1 N–H and O–H groups in total. The molecule has 7 nitrogen and oxygen atoms in total. The van der Waals surface area contributed by atoms with Gasteiger partial charge in [0.1, 0.15) is 19.0 Å². The first-order valence-corrected chi connectivity index (χ1v) is 9.00. The Labute approximate surface area is 165 Å². The lowest BCUT2D eigenvalue weighted by molar-refractivity contribution is -0.131. The molecule has 1 unspecified atom stereocenters. The second-order valence-corrected chi connectivity index (χ2v) is 6.50. The zero-order valence-electron chi connectivity index (χ0n) is 14.9. The Morgan fingerprint density at radius 2 is 1.96 bits per heavy atom. The van der Waals surface area contributed by atoms with Crippen LogP contribution in [0.25, 0.3) is 0 Å². The summed E-state index contributed by atoms with van der Waals surface area (Å²) in [5, 5.41) is 4.00. The summed E-state index contributed by atoms with van der Waals surface area (Å²) in [6, 6.07) is 10.8. The highest BCUT2D eigenvalue weighted by Crippen LogP contribution is 2.33. The third kappa shape index (κ3) is 4.58. The fourth-order valence-electron chi connectivity index (χ4n) is 2.60. The van der Waals surface area contributed by atoms with E-state index in [1.807, 2.05) is 12.1 Å². The van der Waals surface area contributed by atoms with Gasteiger partial charge in [-0.05, 0) is 51.3 Å². The van der Waals surface area contributed by atoms with Crippen molar-refractivity contribution in [1.82, 2.24) is 5.43 Å². The lowest BCUT2D eigenvalue weighted by atomic mass is 10.1. The summed E-state index contributed by atoms with van der Waals surface area (Å²) < 4.78 is 22.4. The van der Waals surface area contributed by atoms with Crippen molar-refractivity contribution < 1.29 is 23.7 Å². The molecule has 0 radical (unpaired) electrons. The minimum Gasteiger partial charge on any atom is -0.496 e. The number of methoxy groups -OCH3 is 2. The van der Waals surface area contributed by atoms with Crippen LogP contribution in [0.3, 0.4) is 0 Å². The van der Waals surface area contributed by atoms with Crippen LogP contribution in [0.1, 0.15) is 17.2 Å². The summed E-state index contributed by atoms with van der Waals surface area (Å²) in [6.07, 6.45) is 0.709. The Morgan fingerprint density at radius 3 is 2.70 bits per heavy atom. The number of nitrogens with one attached hydrogen (secondary N) is 1. The predicted molar refractivity (Wildman–Crippen MR) is 104 cm³/mol. The lowest BCUT2D eigenvalue weighted by Crippen LogP contribution is -2.27. The van der Waals surface area contributed by atoms with E-state index in [1.165, 1.54) is 13.3 Å². The number of carbonyl (C=O) groups is 1. The number of nitrogens with zero attached hydrogens (tertiary/aromatic N) is 1. The van der Waals surface area contributed by atoms with E-state index in [1.54, 1.807) is 31.4 Å². The second-order valence-electron chi connectivity index (χ2n) is 5.65. The van der Waals surface area contributed by atoms with Gasteiger partial charge in [-0.3, -0.25) is 4.79 Å². The van der Waals surface area contributed by atoms with Crippen LogP contribution in [0, 0.1) is 0 Å². The molecule has 1 atom stereocenters. The number of hydrogen-bond donors (Lipinski definition) is 1. The topological polar surface area (TPSA) is 78.4 Å². The molecule has 3 rings (SSSR count). The Kier molecular flexibility index (Phi) is 6.31. The number of halogens is 1. The fraction of sp³-hybridized carbons (Fsp3) is 0.263. The normalized spacial score (nSPS) is 14.0. The standard InChI is InChI=1S/C19H19BrN2O5/c1-24-16-9-12(3-5-14(16)20)11-21-22-19(23)18(25-2)13-4-6-15-17(10-13)27-8-7-26-15/h3-6,9-11,18H,7-8H2,1-2H3,(H,22,23)/b21-11+. The number of hydrogen-bond acceptors (Lipinski definition) is 6. The van der Waals surface area contributed by atoms with Gasteiger partial charge in [-0.25, -0.2) is 5.43 Å². The van der Waals surface area contributed by atoms with Gasteiger partial charge >= 0.3 is 0 Å². The first-order valence-electron chi connectivity index (χ1n) is 8.21. The third-order valence-electron chi connectivity index (χ3n) is 3.91. The maximum Gasteiger partial charge on any atom is 0.273 e. The number of fused-ring (bicyclic) bond motifs is 1. The van der Waals surface area contributed by atoms with Crippen LogP contribution in [0.15, 0.2) is 46.0 Å². The van der Waals surface area contributed by atoms with Crippen molar-refractivity contribution in [2.75, 3.05) is 27.4 Å². The summed E-state index contributed by atoms with van der Waals surface area (Å²) >= 11 is 3.39. The van der Waals surface area contributed by atoms with E-state index in [0.29, 0.717) is 36.0 Å². The van der Waals surface area contributed by atoms with E-state index in [2.05, 4.69) is 26.5 Å². The molecular weight excluding hydrogens is 416 g/mol. The highest BCUT2D eigenvalue weighted by molar-refractivity contribution is 9.10. The molecule has 0 spiro atoms. The van der Waals surface area contributed by atoms with Crippen LogP contribution < -0.4 is 19.6 Å². The van der Waals surface area contributed by atoms with Gasteiger partial charge in [0.2, 0.25) is 0 Å². The van der Waals surface area contributed by atoms with Gasteiger partial charge in [-0.15, -0.1) is 0 Å². The van der Waals surface area contributed by atoms with E-state index < -0.39 is 12.0 Å². The van der Waals surface area contributed by atoms with Gasteiger partial charge < -0.3 is 18.9 Å². The maximum atomic E-state index is 12.5. The molecule has 1 aliphatic heterocycles. The molecule has 8 heteroatoms. The van der Waals surface area contributed by atoms with Gasteiger partial charge in [-0.2, -0.15) is 5.10 Å². The fourth-order valence-corrected chi connectivity index (χ4v) is 3.01. The minimum absolute atomic E-state index is 0.394.